The fourth-order valence-corrected chi connectivity index (χ4v) is 1.06. The molecule has 0 rings (SSSR count). The zero-order valence-corrected chi connectivity index (χ0v) is 12.1. The van der Waals surface area contributed by atoms with E-state index in [1.807, 2.05) is 21.1 Å². The van der Waals surface area contributed by atoms with Gasteiger partial charge in [-0.1, -0.05) is 0 Å². The number of likely N-dealkylation sites (N-methyl/N-ethyl adjacent to an activating group) is 3. The summed E-state index contributed by atoms with van der Waals surface area (Å²) in [6.07, 6.45) is 0. The Morgan fingerprint density at radius 1 is 0.733 bits per heavy atom. The molecule has 0 aromatic heterocycles. The average molecular weight is 248 g/mol. The summed E-state index contributed by atoms with van der Waals surface area (Å²) in [5, 5.41) is 12.3. The predicted octanol–water partition coefficient (Wildman–Crippen LogP) is 1.75. The minimum Gasteiger partial charge on any atom is -0.664 e. The fourth-order valence-electron chi connectivity index (χ4n) is 1.06. The van der Waals surface area contributed by atoms with Gasteiger partial charge in [0.05, 0.1) is 0 Å². The van der Waals surface area contributed by atoms with Crippen LogP contribution in [0.15, 0.2) is 0 Å². The van der Waals surface area contributed by atoms with Crippen molar-refractivity contribution in [3.05, 3.63) is 23.4 Å². The van der Waals surface area contributed by atoms with E-state index in [-0.39, 0.29) is 29.1 Å². The van der Waals surface area contributed by atoms with Gasteiger partial charge in [-0.25, -0.2) is 0 Å². The van der Waals surface area contributed by atoms with Gasteiger partial charge in [-0.15, -0.1) is 19.6 Å². The van der Waals surface area contributed by atoms with Crippen LogP contribution < -0.4 is 0 Å². The van der Waals surface area contributed by atoms with Gasteiger partial charge in [0.25, 0.3) is 0 Å². The maximum atomic E-state index is 4.09. The molecule has 0 aromatic carbocycles. The molecule has 0 amide bonds. The third-order valence-electron chi connectivity index (χ3n) is 1.92. The summed E-state index contributed by atoms with van der Waals surface area (Å²) < 4.78 is 0. The Balaban J connectivity index is -0.000000720. The van der Waals surface area contributed by atoms with Gasteiger partial charge in [-0.3, -0.25) is 0 Å². The molecule has 0 atom stereocenters. The first-order chi connectivity index (χ1) is 6.35. The molecule has 0 aliphatic heterocycles. The van der Waals surface area contributed by atoms with Crippen molar-refractivity contribution in [2.45, 2.75) is 0 Å². The minimum atomic E-state index is 0. The van der Waals surface area contributed by atoms with Gasteiger partial charge in [0.15, 0.2) is 0 Å². The summed E-state index contributed by atoms with van der Waals surface area (Å²) in [7, 11) is 5.56. The van der Waals surface area contributed by atoms with Crippen LogP contribution in [0.1, 0.15) is 0 Å². The van der Waals surface area contributed by atoms with Crippen molar-refractivity contribution in [3.8, 4) is 0 Å². The summed E-state index contributed by atoms with van der Waals surface area (Å²) >= 11 is 0. The van der Waals surface area contributed by atoms with Crippen LogP contribution in [0.3, 0.4) is 0 Å². The Labute approximate surface area is 110 Å². The monoisotopic (exact) mass is 248 g/mol. The fraction of sp³-hybridized carbons (Fsp3) is 0.900. The van der Waals surface area contributed by atoms with E-state index in [2.05, 4.69) is 20.9 Å². The number of rotatable bonds is 9. The van der Waals surface area contributed by atoms with Gasteiger partial charge in [-0.05, 0) is 19.6 Å². The van der Waals surface area contributed by atoms with Crippen molar-refractivity contribution in [3.63, 3.8) is 0 Å². The molecule has 0 saturated heterocycles. The molecule has 0 heterocycles. The molecule has 0 spiro atoms. The van der Waals surface area contributed by atoms with Crippen LogP contribution in [0, 0.1) is 7.43 Å². The van der Waals surface area contributed by atoms with Gasteiger partial charge in [-0.2, -0.15) is 21.1 Å². The zero-order chi connectivity index (χ0) is 9.94. The first-order valence-electron chi connectivity index (χ1n) is 4.74. The second-order valence-electron chi connectivity index (χ2n) is 2.96. The maximum absolute atomic E-state index is 4.09. The van der Waals surface area contributed by atoms with Crippen LogP contribution in [-0.2, 0) is 21.7 Å². The molecule has 0 saturated carbocycles. The van der Waals surface area contributed by atoms with E-state index >= 15 is 0 Å². The van der Waals surface area contributed by atoms with Crippen LogP contribution in [-0.4, -0.2) is 65.3 Å². The Hall–Kier alpha value is 0.554. The van der Waals surface area contributed by atoms with Crippen molar-refractivity contribution >= 4 is 0 Å². The molecule has 0 aromatic rings. The normalized spacial score (nSPS) is 9.60. The Morgan fingerprint density at radius 2 is 1.00 bits per heavy atom. The molecule has 88 valence electrons. The third kappa shape index (κ3) is 14.6. The topological polar surface area (TPSA) is 45.5 Å². The Bertz CT molecular complexity index is 84.4. The number of hydrogen-bond acceptors (Lipinski definition) is 1. The first-order valence-corrected chi connectivity index (χ1v) is 4.74. The van der Waals surface area contributed by atoms with Crippen LogP contribution >= 0.6 is 0 Å². The smallest absolute Gasteiger partial charge is 0.664 e. The Morgan fingerprint density at radius 3 is 1.20 bits per heavy atom. The summed E-state index contributed by atoms with van der Waals surface area (Å²) in [5.41, 5.74) is 0. The molecule has 4 nitrogen and oxygen atoms in total. The minimum absolute atomic E-state index is 0. The molecule has 5 heteroatoms. The van der Waals surface area contributed by atoms with E-state index in [0.29, 0.717) is 0 Å². The molecule has 15 heavy (non-hydrogen) atoms. The number of nitrogens with zero attached hydrogens (tertiary/aromatic N) is 4. The molecule has 0 radical (unpaired) electrons. The average Bonchev–Trinajstić information content (AvgIpc) is 2.17. The van der Waals surface area contributed by atoms with Crippen molar-refractivity contribution in [2.75, 3.05) is 60.4 Å². The van der Waals surface area contributed by atoms with E-state index in [9.17, 15) is 0 Å². The van der Waals surface area contributed by atoms with E-state index in [0.717, 1.165) is 39.3 Å². The van der Waals surface area contributed by atoms with Crippen LogP contribution in [0.5, 0.6) is 0 Å². The van der Waals surface area contributed by atoms with Crippen molar-refractivity contribution < 1.29 is 21.7 Å². The third-order valence-corrected chi connectivity index (χ3v) is 1.92. The van der Waals surface area contributed by atoms with E-state index in [1.54, 1.807) is 0 Å². The summed E-state index contributed by atoms with van der Waals surface area (Å²) in [6.45, 7) is 5.82. The van der Waals surface area contributed by atoms with Gasteiger partial charge in [0.2, 0.25) is 0 Å². The van der Waals surface area contributed by atoms with Gasteiger partial charge < -0.3 is 28.3 Å². The number of hydrogen-bond donors (Lipinski definition) is 0. The van der Waals surface area contributed by atoms with Crippen LogP contribution in [0.4, 0.5) is 0 Å². The van der Waals surface area contributed by atoms with Crippen LogP contribution in [0.25, 0.3) is 16.0 Å². The first kappa shape index (κ1) is 20.9. The summed E-state index contributed by atoms with van der Waals surface area (Å²) in [6, 6.07) is 0. The van der Waals surface area contributed by atoms with Crippen molar-refractivity contribution in [2.24, 2.45) is 0 Å². The summed E-state index contributed by atoms with van der Waals surface area (Å²) in [5.74, 6) is 0. The van der Waals surface area contributed by atoms with Crippen molar-refractivity contribution in [1.29, 1.82) is 0 Å². The standard InChI is InChI=1S/C9H21N4.CH3.Ti/c1-10-4-7-13(8-5-11-2)9-6-12-3;;/h4-9H2,1-3H3;1H3;/q-3;-1;+4. The second-order valence-corrected chi connectivity index (χ2v) is 2.96. The van der Waals surface area contributed by atoms with Gasteiger partial charge in [0, 0.05) is 0 Å². The molecule has 0 bridgehead atoms. The van der Waals surface area contributed by atoms with Gasteiger partial charge in [0.1, 0.15) is 0 Å². The van der Waals surface area contributed by atoms with Gasteiger partial charge >= 0.3 is 21.7 Å². The van der Waals surface area contributed by atoms with Crippen molar-refractivity contribution in [1.82, 2.24) is 4.90 Å². The maximum Gasteiger partial charge on any atom is 4.00 e. The van der Waals surface area contributed by atoms with E-state index in [1.165, 1.54) is 0 Å². The zero-order valence-electron chi connectivity index (χ0n) is 10.5. The molecule has 0 aliphatic carbocycles. The second kappa shape index (κ2) is 17.0. The molecular formula is C10H24N4Ti. The summed E-state index contributed by atoms with van der Waals surface area (Å²) in [4.78, 5) is 2.35. The SMILES string of the molecule is C[N-]CCN(CC[N-]C)CC[N-]C.[CH3-].[Ti+4]. The molecule has 0 N–H and O–H groups in total. The molecule has 0 fully saturated rings. The van der Waals surface area contributed by atoms with E-state index in [4.69, 9.17) is 0 Å². The molecular weight excluding hydrogens is 224 g/mol. The van der Waals surface area contributed by atoms with Crippen LogP contribution in [0.2, 0.25) is 0 Å². The largest absolute Gasteiger partial charge is 4.00 e. The molecule has 0 aliphatic rings. The van der Waals surface area contributed by atoms with E-state index < -0.39 is 0 Å². The Kier molecular flexibility index (Phi) is 23.6. The predicted molar refractivity (Wildman–Crippen MR) is 65.3 cm³/mol. The quantitative estimate of drug-likeness (QED) is 0.453. The molecule has 0 unspecified atom stereocenters.